The molecule has 0 aromatic carbocycles. The summed E-state index contributed by atoms with van der Waals surface area (Å²) in [5.74, 6) is 0. The van der Waals surface area contributed by atoms with Gasteiger partial charge in [-0.05, 0) is 6.42 Å². The van der Waals surface area contributed by atoms with E-state index in [1.54, 1.807) is 0 Å². The summed E-state index contributed by atoms with van der Waals surface area (Å²) in [6, 6.07) is 0.456. The second-order valence-electron chi connectivity index (χ2n) is 4.93. The van der Waals surface area contributed by atoms with Crippen LogP contribution in [0.4, 0.5) is 18.3 Å². The Hall–Kier alpha value is -0.930. The molecule has 1 atom stereocenters. The van der Waals surface area contributed by atoms with E-state index in [2.05, 4.69) is 15.1 Å². The van der Waals surface area contributed by atoms with Gasteiger partial charge < -0.3 is 9.64 Å². The summed E-state index contributed by atoms with van der Waals surface area (Å²) in [5, 5.41) is 6.37. The highest BCUT2D eigenvalue weighted by Crippen LogP contribution is 2.34. The van der Waals surface area contributed by atoms with E-state index in [0.29, 0.717) is 35.6 Å². The predicted molar refractivity (Wildman–Crippen MR) is 67.9 cm³/mol. The molecular weight excluding hydrogens is 293 g/mol. The van der Waals surface area contributed by atoms with E-state index in [9.17, 15) is 13.2 Å². The van der Waals surface area contributed by atoms with E-state index in [1.807, 2.05) is 4.90 Å². The summed E-state index contributed by atoms with van der Waals surface area (Å²) >= 11 is 0.615. The molecule has 0 N–H and O–H groups in total. The van der Waals surface area contributed by atoms with E-state index < -0.39 is 11.2 Å². The number of piperazine rings is 1. The van der Waals surface area contributed by atoms with Gasteiger partial charge in [0.25, 0.3) is 0 Å². The predicted octanol–water partition coefficient (Wildman–Crippen LogP) is 1.47. The lowest BCUT2D eigenvalue weighted by Gasteiger charge is -2.37. The second-order valence-corrected chi connectivity index (χ2v) is 5.88. The van der Waals surface area contributed by atoms with Gasteiger partial charge in [0.1, 0.15) is 0 Å². The number of anilines is 1. The highest BCUT2D eigenvalue weighted by Gasteiger charge is 2.36. The van der Waals surface area contributed by atoms with Crippen molar-refractivity contribution in [1.82, 2.24) is 15.1 Å². The van der Waals surface area contributed by atoms with Crippen LogP contribution in [-0.2, 0) is 10.9 Å². The first-order valence-electron chi connectivity index (χ1n) is 6.51. The Bertz CT molecular complexity index is 453. The van der Waals surface area contributed by atoms with Crippen molar-refractivity contribution in [2.45, 2.75) is 18.6 Å². The minimum Gasteiger partial charge on any atom is -0.380 e. The summed E-state index contributed by atoms with van der Waals surface area (Å²) in [6.45, 7) is 4.59. The zero-order chi connectivity index (χ0) is 14.2. The molecule has 112 valence electrons. The van der Waals surface area contributed by atoms with Crippen LogP contribution >= 0.6 is 11.3 Å². The lowest BCUT2D eigenvalue weighted by atomic mass is 10.2. The van der Waals surface area contributed by atoms with Crippen LogP contribution in [0.2, 0.25) is 0 Å². The number of halogens is 3. The summed E-state index contributed by atoms with van der Waals surface area (Å²) < 4.78 is 42.9. The first-order valence-corrected chi connectivity index (χ1v) is 7.33. The van der Waals surface area contributed by atoms with Gasteiger partial charge in [-0.1, -0.05) is 11.3 Å². The number of ether oxygens (including phenoxy) is 1. The largest absolute Gasteiger partial charge is 0.445 e. The summed E-state index contributed by atoms with van der Waals surface area (Å²) in [4.78, 5) is 4.22. The molecule has 1 unspecified atom stereocenters. The van der Waals surface area contributed by atoms with Gasteiger partial charge in [-0.3, -0.25) is 4.90 Å². The molecule has 0 saturated carbocycles. The third-order valence-corrected chi connectivity index (χ3v) is 4.69. The number of aromatic nitrogens is 2. The van der Waals surface area contributed by atoms with Gasteiger partial charge in [-0.25, -0.2) is 0 Å². The van der Waals surface area contributed by atoms with E-state index in [0.717, 1.165) is 32.7 Å². The van der Waals surface area contributed by atoms with Crippen molar-refractivity contribution in [3.8, 4) is 0 Å². The van der Waals surface area contributed by atoms with Gasteiger partial charge in [-0.15, -0.1) is 10.2 Å². The minimum absolute atomic E-state index is 0.361. The first kappa shape index (κ1) is 14.0. The fraction of sp³-hybridized carbons (Fsp3) is 0.818. The normalized spacial score (nSPS) is 25.4. The highest BCUT2D eigenvalue weighted by molar-refractivity contribution is 7.15. The quantitative estimate of drug-likeness (QED) is 0.827. The Morgan fingerprint density at radius 1 is 1.15 bits per heavy atom. The minimum atomic E-state index is -4.40. The van der Waals surface area contributed by atoms with Gasteiger partial charge >= 0.3 is 6.18 Å². The van der Waals surface area contributed by atoms with Crippen molar-refractivity contribution in [3.05, 3.63) is 5.01 Å². The molecule has 0 spiro atoms. The fourth-order valence-electron chi connectivity index (χ4n) is 2.55. The van der Waals surface area contributed by atoms with E-state index in [-0.39, 0.29) is 0 Å². The Kier molecular flexibility index (Phi) is 3.83. The zero-order valence-electron chi connectivity index (χ0n) is 10.8. The van der Waals surface area contributed by atoms with Crippen LogP contribution in [0.5, 0.6) is 0 Å². The van der Waals surface area contributed by atoms with Crippen molar-refractivity contribution in [1.29, 1.82) is 0 Å². The molecule has 5 nitrogen and oxygen atoms in total. The molecule has 3 rings (SSSR count). The van der Waals surface area contributed by atoms with Gasteiger partial charge in [0.05, 0.1) is 6.61 Å². The van der Waals surface area contributed by atoms with Crippen molar-refractivity contribution in [2.75, 3.05) is 44.3 Å². The second kappa shape index (κ2) is 5.45. The Morgan fingerprint density at radius 3 is 2.45 bits per heavy atom. The molecular formula is C11H15F3N4OS. The Morgan fingerprint density at radius 2 is 1.90 bits per heavy atom. The molecule has 2 aliphatic heterocycles. The third kappa shape index (κ3) is 2.89. The van der Waals surface area contributed by atoms with Crippen LogP contribution in [0.25, 0.3) is 0 Å². The Labute approximate surface area is 118 Å². The molecule has 9 heteroatoms. The molecule has 0 radical (unpaired) electrons. The number of alkyl halides is 3. The number of hydrogen-bond acceptors (Lipinski definition) is 6. The molecule has 2 fully saturated rings. The molecule has 3 heterocycles. The fourth-order valence-corrected chi connectivity index (χ4v) is 3.31. The van der Waals surface area contributed by atoms with Gasteiger partial charge in [0.2, 0.25) is 10.1 Å². The first-order chi connectivity index (χ1) is 9.54. The van der Waals surface area contributed by atoms with Crippen molar-refractivity contribution < 1.29 is 17.9 Å². The highest BCUT2D eigenvalue weighted by atomic mass is 32.1. The SMILES string of the molecule is FC(F)(F)c1nnc(N2CCN(C3CCOC3)CC2)s1. The summed E-state index contributed by atoms with van der Waals surface area (Å²) in [6.07, 6.45) is -3.37. The van der Waals surface area contributed by atoms with Crippen molar-refractivity contribution in [3.63, 3.8) is 0 Å². The molecule has 2 aliphatic rings. The van der Waals surface area contributed by atoms with Crippen LogP contribution in [0.3, 0.4) is 0 Å². The van der Waals surface area contributed by atoms with E-state index in [4.69, 9.17) is 4.74 Å². The Balaban J connectivity index is 1.59. The summed E-state index contributed by atoms with van der Waals surface area (Å²) in [7, 11) is 0. The molecule has 2 saturated heterocycles. The third-order valence-electron chi connectivity index (χ3n) is 3.66. The maximum atomic E-state index is 12.5. The molecule has 20 heavy (non-hydrogen) atoms. The number of hydrogen-bond donors (Lipinski definition) is 0. The van der Waals surface area contributed by atoms with E-state index in [1.165, 1.54) is 0 Å². The smallest absolute Gasteiger partial charge is 0.380 e. The average molecular weight is 308 g/mol. The van der Waals surface area contributed by atoms with Crippen LogP contribution in [-0.4, -0.2) is 60.5 Å². The standard InChI is InChI=1S/C11H15F3N4OS/c12-11(13,14)9-15-16-10(20-9)18-4-2-17(3-5-18)8-1-6-19-7-8/h8H,1-7H2. The summed E-state index contributed by atoms with van der Waals surface area (Å²) in [5.41, 5.74) is 0. The molecule has 0 bridgehead atoms. The number of nitrogens with zero attached hydrogens (tertiary/aromatic N) is 4. The van der Waals surface area contributed by atoms with Gasteiger partial charge in [-0.2, -0.15) is 13.2 Å². The lowest BCUT2D eigenvalue weighted by Crippen LogP contribution is -2.50. The molecule has 1 aromatic heterocycles. The van der Waals surface area contributed by atoms with E-state index >= 15 is 0 Å². The molecule has 0 amide bonds. The van der Waals surface area contributed by atoms with Crippen LogP contribution in [0.15, 0.2) is 0 Å². The van der Waals surface area contributed by atoms with Crippen LogP contribution in [0.1, 0.15) is 11.4 Å². The zero-order valence-corrected chi connectivity index (χ0v) is 11.6. The lowest BCUT2D eigenvalue weighted by molar-refractivity contribution is -0.138. The molecule has 1 aromatic rings. The van der Waals surface area contributed by atoms with Crippen LogP contribution < -0.4 is 4.90 Å². The average Bonchev–Trinajstić information content (AvgIpc) is 3.10. The van der Waals surface area contributed by atoms with Crippen LogP contribution in [0, 0.1) is 0 Å². The maximum Gasteiger partial charge on any atom is 0.445 e. The number of rotatable bonds is 2. The van der Waals surface area contributed by atoms with Gasteiger partial charge in [0.15, 0.2) is 0 Å². The van der Waals surface area contributed by atoms with Gasteiger partial charge in [0, 0.05) is 38.8 Å². The van der Waals surface area contributed by atoms with Crippen molar-refractivity contribution in [2.24, 2.45) is 0 Å². The van der Waals surface area contributed by atoms with Crippen molar-refractivity contribution >= 4 is 16.5 Å². The maximum absolute atomic E-state index is 12.5. The molecule has 0 aliphatic carbocycles. The monoisotopic (exact) mass is 308 g/mol. The topological polar surface area (TPSA) is 41.5 Å².